The van der Waals surface area contributed by atoms with Crippen molar-refractivity contribution in [1.29, 1.82) is 0 Å². The number of rotatable bonds is 4. The van der Waals surface area contributed by atoms with Gasteiger partial charge in [-0.25, -0.2) is 9.97 Å². The Bertz CT molecular complexity index is 1240. The molecule has 0 saturated carbocycles. The second-order valence-electron chi connectivity index (χ2n) is 7.78. The van der Waals surface area contributed by atoms with Crippen molar-refractivity contribution in [3.8, 4) is 0 Å². The van der Waals surface area contributed by atoms with Crippen molar-refractivity contribution in [2.45, 2.75) is 18.8 Å². The van der Waals surface area contributed by atoms with Gasteiger partial charge in [-0.1, -0.05) is 35.9 Å². The summed E-state index contributed by atoms with van der Waals surface area (Å²) in [4.78, 5) is 27.0. The molecule has 0 radical (unpaired) electrons. The predicted molar refractivity (Wildman–Crippen MR) is 124 cm³/mol. The number of H-pyrrole nitrogens is 1. The van der Waals surface area contributed by atoms with E-state index in [9.17, 15) is 4.79 Å². The molecule has 7 heteroatoms. The number of aromatic nitrogens is 3. The number of fused-ring (bicyclic) bond motifs is 1. The zero-order valence-corrected chi connectivity index (χ0v) is 17.6. The third-order valence-electron chi connectivity index (χ3n) is 5.79. The standard InChI is InChI=1S/C24H22ClN5O/c25-21-9-2-1-8-19(21)24(31)29-18-7-3-5-16(13-18)17-6-4-12-30(14-17)23-20-10-11-26-22(20)27-15-28-23/h1-3,5,7-11,13,15,17H,4,6,12,14H2,(H,29,31)(H,26,27,28). The SMILES string of the molecule is O=C(Nc1cccc(C2CCCN(c3ncnc4[nH]ccc34)C2)c1)c1ccccc1Cl. The number of amides is 1. The maximum absolute atomic E-state index is 12.6. The van der Waals surface area contributed by atoms with Crippen molar-refractivity contribution >= 4 is 40.0 Å². The van der Waals surface area contributed by atoms with Crippen LogP contribution in [-0.2, 0) is 0 Å². The van der Waals surface area contributed by atoms with Crippen LogP contribution in [0.2, 0.25) is 5.02 Å². The summed E-state index contributed by atoms with van der Waals surface area (Å²) in [5, 5.41) is 4.47. The quantitative estimate of drug-likeness (QED) is 0.463. The Morgan fingerprint density at radius 1 is 1.13 bits per heavy atom. The number of aromatic amines is 1. The number of anilines is 2. The van der Waals surface area contributed by atoms with Crippen LogP contribution in [0, 0.1) is 0 Å². The van der Waals surface area contributed by atoms with E-state index in [4.69, 9.17) is 11.6 Å². The van der Waals surface area contributed by atoms with Crippen LogP contribution in [-0.4, -0.2) is 33.9 Å². The van der Waals surface area contributed by atoms with Crippen LogP contribution in [0.25, 0.3) is 11.0 Å². The zero-order chi connectivity index (χ0) is 21.2. The van der Waals surface area contributed by atoms with Crippen molar-refractivity contribution in [3.05, 3.63) is 83.3 Å². The molecule has 1 aliphatic heterocycles. The van der Waals surface area contributed by atoms with Crippen molar-refractivity contribution in [2.24, 2.45) is 0 Å². The number of carbonyl (C=O) groups excluding carboxylic acids is 1. The summed E-state index contributed by atoms with van der Waals surface area (Å²) in [7, 11) is 0. The monoisotopic (exact) mass is 431 g/mol. The summed E-state index contributed by atoms with van der Waals surface area (Å²) in [6, 6.07) is 17.2. The highest BCUT2D eigenvalue weighted by atomic mass is 35.5. The summed E-state index contributed by atoms with van der Waals surface area (Å²) >= 11 is 6.17. The molecule has 1 atom stereocenters. The molecule has 1 fully saturated rings. The molecular formula is C24H22ClN5O. The molecule has 31 heavy (non-hydrogen) atoms. The Hall–Kier alpha value is -3.38. The number of nitrogens with zero attached hydrogens (tertiary/aromatic N) is 3. The molecule has 4 aromatic rings. The van der Waals surface area contributed by atoms with Crippen LogP contribution < -0.4 is 10.2 Å². The molecule has 1 amide bonds. The molecule has 0 bridgehead atoms. The molecule has 2 N–H and O–H groups in total. The zero-order valence-electron chi connectivity index (χ0n) is 16.9. The highest BCUT2D eigenvalue weighted by Gasteiger charge is 2.24. The number of carbonyl (C=O) groups is 1. The van der Waals surface area contributed by atoms with Gasteiger partial charge < -0.3 is 15.2 Å². The first-order chi connectivity index (χ1) is 15.2. The van der Waals surface area contributed by atoms with Gasteiger partial charge in [0.25, 0.3) is 5.91 Å². The summed E-state index contributed by atoms with van der Waals surface area (Å²) in [5.74, 6) is 1.12. The first-order valence-corrected chi connectivity index (χ1v) is 10.8. The first-order valence-electron chi connectivity index (χ1n) is 10.4. The van der Waals surface area contributed by atoms with Gasteiger partial charge in [0.1, 0.15) is 17.8 Å². The van der Waals surface area contributed by atoms with Crippen molar-refractivity contribution < 1.29 is 4.79 Å². The van der Waals surface area contributed by atoms with Crippen molar-refractivity contribution in [3.63, 3.8) is 0 Å². The number of benzene rings is 2. The molecule has 2 aromatic carbocycles. The van der Waals surface area contributed by atoms with Gasteiger partial charge in [0.05, 0.1) is 16.0 Å². The molecule has 1 saturated heterocycles. The minimum absolute atomic E-state index is 0.205. The molecule has 6 nitrogen and oxygen atoms in total. The molecule has 1 unspecified atom stereocenters. The van der Waals surface area contributed by atoms with Gasteiger partial charge in [0.2, 0.25) is 0 Å². The molecule has 0 spiro atoms. The first kappa shape index (κ1) is 19.6. The van der Waals surface area contributed by atoms with Crippen LogP contribution in [0.3, 0.4) is 0 Å². The second kappa shape index (κ2) is 8.40. The predicted octanol–water partition coefficient (Wildman–Crippen LogP) is 5.25. The minimum Gasteiger partial charge on any atom is -0.355 e. The Balaban J connectivity index is 1.35. The lowest BCUT2D eigenvalue weighted by molar-refractivity contribution is 0.102. The van der Waals surface area contributed by atoms with Crippen LogP contribution >= 0.6 is 11.6 Å². The Morgan fingerprint density at radius 3 is 2.94 bits per heavy atom. The topological polar surface area (TPSA) is 73.9 Å². The molecule has 0 aliphatic carbocycles. The van der Waals surface area contributed by atoms with E-state index in [1.165, 1.54) is 5.56 Å². The largest absolute Gasteiger partial charge is 0.355 e. The fourth-order valence-corrected chi connectivity index (χ4v) is 4.49. The van der Waals surface area contributed by atoms with Crippen LogP contribution in [0.15, 0.2) is 67.1 Å². The lowest BCUT2D eigenvalue weighted by Crippen LogP contribution is -2.35. The van der Waals surface area contributed by atoms with Gasteiger partial charge in [-0.05, 0) is 48.7 Å². The minimum atomic E-state index is -0.205. The smallest absolute Gasteiger partial charge is 0.257 e. The van der Waals surface area contributed by atoms with E-state index in [1.807, 2.05) is 36.5 Å². The highest BCUT2D eigenvalue weighted by molar-refractivity contribution is 6.34. The second-order valence-corrected chi connectivity index (χ2v) is 8.19. The molecule has 156 valence electrons. The van der Waals surface area contributed by atoms with E-state index in [-0.39, 0.29) is 5.91 Å². The molecular weight excluding hydrogens is 410 g/mol. The molecule has 1 aliphatic rings. The van der Waals surface area contributed by atoms with Gasteiger partial charge >= 0.3 is 0 Å². The molecule has 2 aromatic heterocycles. The van der Waals surface area contributed by atoms with E-state index in [1.54, 1.807) is 18.5 Å². The van der Waals surface area contributed by atoms with E-state index in [0.717, 1.165) is 48.5 Å². The number of hydrogen-bond donors (Lipinski definition) is 2. The van der Waals surface area contributed by atoms with E-state index < -0.39 is 0 Å². The summed E-state index contributed by atoms with van der Waals surface area (Å²) in [5.41, 5.74) is 3.31. The summed E-state index contributed by atoms with van der Waals surface area (Å²) < 4.78 is 0. The van der Waals surface area contributed by atoms with Gasteiger partial charge in [0.15, 0.2) is 0 Å². The van der Waals surface area contributed by atoms with Crippen LogP contribution in [0.4, 0.5) is 11.5 Å². The van der Waals surface area contributed by atoms with E-state index >= 15 is 0 Å². The number of nitrogens with one attached hydrogen (secondary N) is 2. The van der Waals surface area contributed by atoms with Crippen molar-refractivity contribution in [2.75, 3.05) is 23.3 Å². The Kier molecular flexibility index (Phi) is 5.30. The average molecular weight is 432 g/mol. The van der Waals surface area contributed by atoms with Crippen LogP contribution in [0.5, 0.6) is 0 Å². The third kappa shape index (κ3) is 3.99. The van der Waals surface area contributed by atoms with E-state index in [0.29, 0.717) is 16.5 Å². The maximum atomic E-state index is 12.6. The van der Waals surface area contributed by atoms with E-state index in [2.05, 4.69) is 37.3 Å². The summed E-state index contributed by atoms with van der Waals surface area (Å²) in [6.07, 6.45) is 5.69. The van der Waals surface area contributed by atoms with Gasteiger partial charge in [0, 0.05) is 30.9 Å². The lowest BCUT2D eigenvalue weighted by Gasteiger charge is -2.34. The Morgan fingerprint density at radius 2 is 2.03 bits per heavy atom. The number of hydrogen-bond acceptors (Lipinski definition) is 4. The Labute approximate surface area is 185 Å². The maximum Gasteiger partial charge on any atom is 0.257 e. The number of piperidine rings is 1. The fourth-order valence-electron chi connectivity index (χ4n) is 4.27. The fraction of sp³-hybridized carbons (Fsp3) is 0.208. The van der Waals surface area contributed by atoms with Crippen LogP contribution in [0.1, 0.15) is 34.7 Å². The molecule has 3 heterocycles. The summed E-state index contributed by atoms with van der Waals surface area (Å²) in [6.45, 7) is 1.84. The average Bonchev–Trinajstić information content (AvgIpc) is 3.29. The third-order valence-corrected chi connectivity index (χ3v) is 6.12. The highest BCUT2D eigenvalue weighted by Crippen LogP contribution is 2.32. The van der Waals surface area contributed by atoms with Gasteiger partial charge in [-0.3, -0.25) is 4.79 Å². The van der Waals surface area contributed by atoms with Gasteiger partial charge in [-0.2, -0.15) is 0 Å². The van der Waals surface area contributed by atoms with Crippen molar-refractivity contribution in [1.82, 2.24) is 15.0 Å². The van der Waals surface area contributed by atoms with Gasteiger partial charge in [-0.15, -0.1) is 0 Å². The number of halogens is 1. The normalized spacial score (nSPS) is 16.4. The lowest BCUT2D eigenvalue weighted by atomic mass is 9.90. The molecule has 5 rings (SSSR count).